The number of rotatable bonds is 5. The van der Waals surface area contributed by atoms with Crippen LogP contribution < -0.4 is 5.32 Å². The monoisotopic (exact) mass is 490 g/mol. The molecule has 0 spiro atoms. The van der Waals surface area contributed by atoms with E-state index in [4.69, 9.17) is 19.4 Å². The molecule has 0 atom stereocenters. The van der Waals surface area contributed by atoms with E-state index in [9.17, 15) is 0 Å². The molecule has 0 aliphatic rings. The van der Waals surface area contributed by atoms with Crippen molar-refractivity contribution < 1.29 is 4.42 Å². The van der Waals surface area contributed by atoms with Gasteiger partial charge >= 0.3 is 0 Å². The minimum Gasteiger partial charge on any atom is -0.454 e. The number of para-hydroxylation sites is 2. The summed E-state index contributed by atoms with van der Waals surface area (Å²) in [7, 11) is 0. The van der Waals surface area contributed by atoms with Crippen LogP contribution in [0.25, 0.3) is 56.1 Å². The number of furan rings is 1. The van der Waals surface area contributed by atoms with Crippen LogP contribution in [0.3, 0.4) is 0 Å². The van der Waals surface area contributed by atoms with Crippen LogP contribution in [0.5, 0.6) is 0 Å². The Balaban J connectivity index is 1.25. The maximum absolute atomic E-state index is 6.17. The van der Waals surface area contributed by atoms with E-state index < -0.39 is 0 Å². The summed E-state index contributed by atoms with van der Waals surface area (Å²) in [5, 5.41) is 5.72. The van der Waals surface area contributed by atoms with Crippen molar-refractivity contribution in [1.82, 2.24) is 15.0 Å². The molecular formula is C33H22N4O. The van der Waals surface area contributed by atoms with Gasteiger partial charge in [-0.1, -0.05) is 91.0 Å². The lowest BCUT2D eigenvalue weighted by atomic mass is 10.1. The molecule has 0 aliphatic heterocycles. The summed E-state index contributed by atoms with van der Waals surface area (Å²) < 4.78 is 6.17. The topological polar surface area (TPSA) is 63.8 Å². The highest BCUT2D eigenvalue weighted by molar-refractivity contribution is 6.09. The van der Waals surface area contributed by atoms with Gasteiger partial charge < -0.3 is 9.73 Å². The van der Waals surface area contributed by atoms with Crippen LogP contribution in [0.1, 0.15) is 0 Å². The lowest BCUT2D eigenvalue weighted by molar-refractivity contribution is 0.670. The minimum atomic E-state index is 0.628. The summed E-state index contributed by atoms with van der Waals surface area (Å²) in [6.45, 7) is 0. The quantitative estimate of drug-likeness (QED) is 0.262. The molecular weight excluding hydrogens is 468 g/mol. The summed E-state index contributed by atoms with van der Waals surface area (Å²) in [4.78, 5) is 14.4. The normalized spacial score (nSPS) is 11.2. The molecule has 7 rings (SSSR count). The zero-order valence-electron chi connectivity index (χ0n) is 20.4. The third-order valence-corrected chi connectivity index (χ3v) is 6.53. The SMILES string of the molecule is c1ccc(-c2nc(-c3ccccc3)nc(-c3ccc(Nc4cccc5c4oc4ccccc45)cc3)n2)cc1. The van der Waals surface area contributed by atoms with Gasteiger partial charge in [-0.05, 0) is 36.4 Å². The van der Waals surface area contributed by atoms with Crippen molar-refractivity contribution in [3.8, 4) is 34.2 Å². The molecule has 5 heteroatoms. The van der Waals surface area contributed by atoms with Gasteiger partial charge in [0, 0.05) is 33.2 Å². The summed E-state index contributed by atoms with van der Waals surface area (Å²) in [5.41, 5.74) is 6.40. The fraction of sp³-hybridized carbons (Fsp3) is 0. The summed E-state index contributed by atoms with van der Waals surface area (Å²) in [6, 6.07) is 42.4. The molecule has 0 radical (unpaired) electrons. The maximum atomic E-state index is 6.17. The molecule has 38 heavy (non-hydrogen) atoms. The predicted molar refractivity (Wildman–Crippen MR) is 153 cm³/mol. The predicted octanol–water partition coefficient (Wildman–Crippen LogP) is 8.52. The number of hydrogen-bond donors (Lipinski definition) is 1. The van der Waals surface area contributed by atoms with Gasteiger partial charge in [0.1, 0.15) is 5.58 Å². The smallest absolute Gasteiger partial charge is 0.164 e. The molecule has 5 aromatic carbocycles. The van der Waals surface area contributed by atoms with Gasteiger partial charge in [-0.25, -0.2) is 15.0 Å². The summed E-state index contributed by atoms with van der Waals surface area (Å²) in [6.07, 6.45) is 0. The third-order valence-electron chi connectivity index (χ3n) is 6.53. The first-order valence-electron chi connectivity index (χ1n) is 12.5. The van der Waals surface area contributed by atoms with Gasteiger partial charge in [0.05, 0.1) is 5.69 Å². The number of anilines is 2. The molecule has 0 saturated heterocycles. The van der Waals surface area contributed by atoms with E-state index in [1.165, 1.54) is 0 Å². The highest BCUT2D eigenvalue weighted by Crippen LogP contribution is 2.35. The van der Waals surface area contributed by atoms with E-state index in [1.54, 1.807) is 0 Å². The average molecular weight is 491 g/mol. The zero-order valence-corrected chi connectivity index (χ0v) is 20.4. The van der Waals surface area contributed by atoms with Crippen LogP contribution in [-0.4, -0.2) is 15.0 Å². The Morgan fingerprint density at radius 2 is 0.974 bits per heavy atom. The average Bonchev–Trinajstić information content (AvgIpc) is 3.38. The Kier molecular flexibility index (Phi) is 5.37. The Bertz CT molecular complexity index is 1820. The van der Waals surface area contributed by atoms with Crippen LogP contribution in [-0.2, 0) is 0 Å². The number of benzene rings is 5. The lowest BCUT2D eigenvalue weighted by Gasteiger charge is -2.10. The fourth-order valence-corrected chi connectivity index (χ4v) is 4.64. The second kappa shape index (κ2) is 9.30. The van der Waals surface area contributed by atoms with Gasteiger partial charge in [0.25, 0.3) is 0 Å². The van der Waals surface area contributed by atoms with E-state index >= 15 is 0 Å². The molecule has 7 aromatic rings. The van der Waals surface area contributed by atoms with Crippen LogP contribution in [0.2, 0.25) is 0 Å². The lowest BCUT2D eigenvalue weighted by Crippen LogP contribution is -2.00. The van der Waals surface area contributed by atoms with Crippen molar-refractivity contribution in [2.24, 2.45) is 0 Å². The first-order chi connectivity index (χ1) is 18.8. The van der Waals surface area contributed by atoms with Crippen LogP contribution in [0, 0.1) is 0 Å². The van der Waals surface area contributed by atoms with E-state index in [-0.39, 0.29) is 0 Å². The standard InChI is InChI=1S/C33H22N4O/c1-3-10-22(11-4-1)31-35-32(23-12-5-2-6-13-23)37-33(36-31)24-18-20-25(21-19-24)34-28-16-9-15-27-26-14-7-8-17-29(26)38-30(27)28/h1-21,34H. The Morgan fingerprint density at radius 3 is 1.61 bits per heavy atom. The van der Waals surface area contributed by atoms with E-state index in [0.29, 0.717) is 17.5 Å². The van der Waals surface area contributed by atoms with Crippen LogP contribution >= 0.6 is 0 Å². The van der Waals surface area contributed by atoms with E-state index in [1.807, 2.05) is 115 Å². The molecule has 180 valence electrons. The number of hydrogen-bond acceptors (Lipinski definition) is 5. The molecule has 5 nitrogen and oxygen atoms in total. The van der Waals surface area contributed by atoms with Crippen molar-refractivity contribution in [1.29, 1.82) is 0 Å². The van der Waals surface area contributed by atoms with Crippen molar-refractivity contribution in [2.45, 2.75) is 0 Å². The van der Waals surface area contributed by atoms with Crippen molar-refractivity contribution in [3.05, 3.63) is 127 Å². The second-order valence-corrected chi connectivity index (χ2v) is 9.02. The molecule has 0 unspecified atom stereocenters. The Morgan fingerprint density at radius 1 is 0.447 bits per heavy atom. The maximum Gasteiger partial charge on any atom is 0.164 e. The first kappa shape index (κ1) is 21.9. The Labute approximate surface area is 219 Å². The zero-order chi connectivity index (χ0) is 25.3. The summed E-state index contributed by atoms with van der Waals surface area (Å²) >= 11 is 0. The molecule has 0 saturated carbocycles. The third kappa shape index (κ3) is 4.06. The molecule has 2 heterocycles. The van der Waals surface area contributed by atoms with Gasteiger partial charge in [-0.3, -0.25) is 0 Å². The van der Waals surface area contributed by atoms with E-state index in [0.717, 1.165) is 50.0 Å². The number of fused-ring (bicyclic) bond motifs is 3. The fourth-order valence-electron chi connectivity index (χ4n) is 4.64. The molecule has 0 aliphatic carbocycles. The summed E-state index contributed by atoms with van der Waals surface area (Å²) in [5.74, 6) is 1.92. The van der Waals surface area contributed by atoms with Gasteiger partial charge in [-0.15, -0.1) is 0 Å². The van der Waals surface area contributed by atoms with Crippen molar-refractivity contribution in [3.63, 3.8) is 0 Å². The number of nitrogens with one attached hydrogen (secondary N) is 1. The van der Waals surface area contributed by atoms with Crippen molar-refractivity contribution >= 4 is 33.3 Å². The van der Waals surface area contributed by atoms with Crippen LogP contribution in [0.15, 0.2) is 132 Å². The molecule has 0 amide bonds. The first-order valence-corrected chi connectivity index (χ1v) is 12.5. The van der Waals surface area contributed by atoms with Gasteiger partial charge in [0.15, 0.2) is 23.1 Å². The molecule has 2 aromatic heterocycles. The second-order valence-electron chi connectivity index (χ2n) is 9.02. The highest BCUT2D eigenvalue weighted by Gasteiger charge is 2.13. The highest BCUT2D eigenvalue weighted by atomic mass is 16.3. The van der Waals surface area contributed by atoms with Gasteiger partial charge in [0.2, 0.25) is 0 Å². The molecule has 0 fully saturated rings. The Hall–Kier alpha value is -5.29. The van der Waals surface area contributed by atoms with Gasteiger partial charge in [-0.2, -0.15) is 0 Å². The van der Waals surface area contributed by atoms with Crippen molar-refractivity contribution in [2.75, 3.05) is 5.32 Å². The molecule has 0 bridgehead atoms. The molecule has 1 N–H and O–H groups in total. The number of aromatic nitrogens is 3. The van der Waals surface area contributed by atoms with Crippen LogP contribution in [0.4, 0.5) is 11.4 Å². The number of nitrogens with zero attached hydrogens (tertiary/aromatic N) is 3. The largest absolute Gasteiger partial charge is 0.454 e. The minimum absolute atomic E-state index is 0.628. The van der Waals surface area contributed by atoms with E-state index in [2.05, 4.69) is 17.4 Å².